The van der Waals surface area contributed by atoms with Gasteiger partial charge in [0, 0.05) is 19.1 Å². The summed E-state index contributed by atoms with van der Waals surface area (Å²) in [6.07, 6.45) is 6.09. The van der Waals surface area contributed by atoms with E-state index >= 15 is 0 Å². The van der Waals surface area contributed by atoms with Crippen molar-refractivity contribution in [3.63, 3.8) is 0 Å². The number of carbonyl (C=O) groups excluding carboxylic acids is 1. The van der Waals surface area contributed by atoms with Gasteiger partial charge in [0.15, 0.2) is 11.5 Å². The Hall–Kier alpha value is -2.73. The molecule has 1 amide bonds. The molecule has 31 heavy (non-hydrogen) atoms. The van der Waals surface area contributed by atoms with Crippen molar-refractivity contribution in [1.82, 2.24) is 10.2 Å². The van der Waals surface area contributed by atoms with E-state index in [1.54, 1.807) is 21.3 Å². The Kier molecular flexibility index (Phi) is 8.59. The molecule has 0 unspecified atom stereocenters. The Balaban J connectivity index is 1.65. The summed E-state index contributed by atoms with van der Waals surface area (Å²) in [5, 5.41) is 3.06. The van der Waals surface area contributed by atoms with Crippen molar-refractivity contribution in [2.24, 2.45) is 0 Å². The number of benzene rings is 2. The van der Waals surface area contributed by atoms with E-state index in [-0.39, 0.29) is 5.91 Å². The number of rotatable bonds is 10. The van der Waals surface area contributed by atoms with Crippen LogP contribution in [0.5, 0.6) is 17.2 Å². The summed E-state index contributed by atoms with van der Waals surface area (Å²) in [5.74, 6) is 1.74. The molecule has 0 radical (unpaired) electrons. The highest BCUT2D eigenvalue weighted by Crippen LogP contribution is 2.38. The van der Waals surface area contributed by atoms with E-state index in [2.05, 4.69) is 34.5 Å². The Morgan fingerprint density at radius 2 is 1.58 bits per heavy atom. The number of ether oxygens (including phenoxy) is 3. The highest BCUT2D eigenvalue weighted by atomic mass is 16.5. The van der Waals surface area contributed by atoms with Gasteiger partial charge >= 0.3 is 0 Å². The minimum Gasteiger partial charge on any atom is -0.493 e. The molecule has 0 bridgehead atoms. The van der Waals surface area contributed by atoms with Gasteiger partial charge in [0.05, 0.1) is 27.9 Å². The lowest BCUT2D eigenvalue weighted by Gasteiger charge is -2.34. The lowest BCUT2D eigenvalue weighted by atomic mass is 9.93. The molecule has 0 saturated heterocycles. The number of carbonyl (C=O) groups is 1. The third-order valence-electron chi connectivity index (χ3n) is 5.88. The maximum Gasteiger partial charge on any atom is 0.234 e. The molecule has 1 aliphatic rings. The van der Waals surface area contributed by atoms with Gasteiger partial charge in [-0.3, -0.25) is 9.69 Å². The second kappa shape index (κ2) is 11.6. The molecule has 0 aromatic heterocycles. The fraction of sp³-hybridized carbons (Fsp3) is 0.480. The Bertz CT molecular complexity index is 810. The van der Waals surface area contributed by atoms with Gasteiger partial charge in [-0.2, -0.15) is 0 Å². The summed E-state index contributed by atoms with van der Waals surface area (Å²) < 4.78 is 16.2. The monoisotopic (exact) mass is 426 g/mol. The SMILES string of the molecule is COc1cc(CNC(=O)CN(Cc2ccccc2)C2CCCCC2)cc(OC)c1OC. The van der Waals surface area contributed by atoms with E-state index in [1.165, 1.54) is 24.8 Å². The number of methoxy groups -OCH3 is 3. The molecule has 1 N–H and O–H groups in total. The van der Waals surface area contributed by atoms with Crippen LogP contribution < -0.4 is 19.5 Å². The number of hydrogen-bond acceptors (Lipinski definition) is 5. The predicted octanol–water partition coefficient (Wildman–Crippen LogP) is 4.16. The number of amides is 1. The summed E-state index contributed by atoms with van der Waals surface area (Å²) in [7, 11) is 4.75. The van der Waals surface area contributed by atoms with Crippen LogP contribution >= 0.6 is 0 Å². The maximum atomic E-state index is 12.9. The van der Waals surface area contributed by atoms with Crippen molar-refractivity contribution < 1.29 is 19.0 Å². The van der Waals surface area contributed by atoms with Crippen LogP contribution in [0.3, 0.4) is 0 Å². The van der Waals surface area contributed by atoms with Crippen LogP contribution in [-0.4, -0.2) is 44.7 Å². The summed E-state index contributed by atoms with van der Waals surface area (Å²) >= 11 is 0. The van der Waals surface area contributed by atoms with Gasteiger partial charge in [-0.05, 0) is 36.1 Å². The molecule has 1 aliphatic carbocycles. The van der Waals surface area contributed by atoms with Crippen LogP contribution in [0.1, 0.15) is 43.2 Å². The summed E-state index contributed by atoms with van der Waals surface area (Å²) in [6.45, 7) is 1.59. The molecule has 1 saturated carbocycles. The Labute approximate surface area is 185 Å². The summed E-state index contributed by atoms with van der Waals surface area (Å²) in [4.78, 5) is 15.2. The van der Waals surface area contributed by atoms with E-state index in [9.17, 15) is 4.79 Å². The van der Waals surface area contributed by atoms with Crippen molar-refractivity contribution in [3.8, 4) is 17.2 Å². The van der Waals surface area contributed by atoms with Gasteiger partial charge in [0.2, 0.25) is 11.7 Å². The first kappa shape index (κ1) is 22.9. The van der Waals surface area contributed by atoms with Crippen molar-refractivity contribution in [3.05, 3.63) is 53.6 Å². The first-order valence-electron chi connectivity index (χ1n) is 11.0. The van der Waals surface area contributed by atoms with Crippen molar-refractivity contribution in [2.45, 2.75) is 51.2 Å². The van der Waals surface area contributed by atoms with Gasteiger partial charge < -0.3 is 19.5 Å². The van der Waals surface area contributed by atoms with Gasteiger partial charge in [0.25, 0.3) is 0 Å². The van der Waals surface area contributed by atoms with Crippen LogP contribution in [0, 0.1) is 0 Å². The molecule has 168 valence electrons. The third-order valence-corrected chi connectivity index (χ3v) is 5.88. The van der Waals surface area contributed by atoms with E-state index in [4.69, 9.17) is 14.2 Å². The average molecular weight is 427 g/mol. The average Bonchev–Trinajstić information content (AvgIpc) is 2.82. The molecular formula is C25H34N2O4. The second-order valence-corrected chi connectivity index (χ2v) is 7.99. The molecule has 6 nitrogen and oxygen atoms in total. The van der Waals surface area contributed by atoms with E-state index in [0.29, 0.717) is 36.4 Å². The molecule has 1 fully saturated rings. The number of nitrogens with zero attached hydrogens (tertiary/aromatic N) is 1. The molecule has 0 spiro atoms. The molecular weight excluding hydrogens is 392 g/mol. The Morgan fingerprint density at radius 1 is 0.935 bits per heavy atom. The van der Waals surface area contributed by atoms with Crippen LogP contribution in [0.15, 0.2) is 42.5 Å². The van der Waals surface area contributed by atoms with E-state index in [0.717, 1.165) is 24.9 Å². The van der Waals surface area contributed by atoms with Gasteiger partial charge in [-0.1, -0.05) is 49.6 Å². The van der Waals surface area contributed by atoms with Crippen molar-refractivity contribution in [2.75, 3.05) is 27.9 Å². The zero-order valence-electron chi connectivity index (χ0n) is 18.9. The molecule has 2 aromatic carbocycles. The second-order valence-electron chi connectivity index (χ2n) is 7.99. The highest BCUT2D eigenvalue weighted by Gasteiger charge is 2.23. The molecule has 2 aromatic rings. The smallest absolute Gasteiger partial charge is 0.234 e. The van der Waals surface area contributed by atoms with Gasteiger partial charge in [-0.25, -0.2) is 0 Å². The van der Waals surface area contributed by atoms with Gasteiger partial charge in [-0.15, -0.1) is 0 Å². The first-order valence-corrected chi connectivity index (χ1v) is 11.0. The normalized spacial score (nSPS) is 14.3. The fourth-order valence-corrected chi connectivity index (χ4v) is 4.26. The van der Waals surface area contributed by atoms with E-state index in [1.807, 2.05) is 18.2 Å². The maximum absolute atomic E-state index is 12.9. The minimum atomic E-state index is 0.0234. The van der Waals surface area contributed by atoms with Crippen molar-refractivity contribution >= 4 is 5.91 Å². The summed E-state index contributed by atoms with van der Waals surface area (Å²) in [6, 6.07) is 14.6. The minimum absolute atomic E-state index is 0.0234. The van der Waals surface area contributed by atoms with Gasteiger partial charge in [0.1, 0.15) is 0 Å². The third kappa shape index (κ3) is 6.37. The first-order chi connectivity index (χ1) is 15.1. The van der Waals surface area contributed by atoms with Crippen molar-refractivity contribution in [1.29, 1.82) is 0 Å². The zero-order chi connectivity index (χ0) is 22.1. The van der Waals surface area contributed by atoms with Crippen LogP contribution in [0.2, 0.25) is 0 Å². The molecule has 3 rings (SSSR count). The lowest BCUT2D eigenvalue weighted by Crippen LogP contribution is -2.43. The van der Waals surface area contributed by atoms with Crippen LogP contribution in [0.25, 0.3) is 0 Å². The topological polar surface area (TPSA) is 60.0 Å². The number of hydrogen-bond donors (Lipinski definition) is 1. The molecule has 0 aliphatic heterocycles. The van der Waals surface area contributed by atoms with Crippen LogP contribution in [0.4, 0.5) is 0 Å². The molecule has 0 atom stereocenters. The molecule has 0 heterocycles. The largest absolute Gasteiger partial charge is 0.493 e. The quantitative estimate of drug-likeness (QED) is 0.618. The number of nitrogens with one attached hydrogen (secondary N) is 1. The predicted molar refractivity (Wildman–Crippen MR) is 122 cm³/mol. The summed E-state index contributed by atoms with van der Waals surface area (Å²) in [5.41, 5.74) is 2.14. The lowest BCUT2D eigenvalue weighted by molar-refractivity contribution is -0.123. The standard InChI is InChI=1S/C25H34N2O4/c1-29-22-14-20(15-23(30-2)25(22)31-3)16-26-24(28)18-27(21-12-8-5-9-13-21)17-19-10-6-4-7-11-19/h4,6-7,10-11,14-15,21H,5,8-9,12-13,16-18H2,1-3H3,(H,26,28). The van der Waals surface area contributed by atoms with E-state index < -0.39 is 0 Å². The molecule has 6 heteroatoms. The zero-order valence-corrected chi connectivity index (χ0v) is 18.9. The highest BCUT2D eigenvalue weighted by molar-refractivity contribution is 5.78. The van der Waals surface area contributed by atoms with Crippen LogP contribution in [-0.2, 0) is 17.9 Å². The fourth-order valence-electron chi connectivity index (χ4n) is 4.26. The Morgan fingerprint density at radius 3 is 2.16 bits per heavy atom.